The summed E-state index contributed by atoms with van der Waals surface area (Å²) in [6.45, 7) is 3.78. The molecule has 5 heteroatoms. The molecule has 128 valence electrons. The van der Waals surface area contributed by atoms with Crippen molar-refractivity contribution in [2.45, 2.75) is 38.5 Å². The molecule has 0 saturated carbocycles. The van der Waals surface area contributed by atoms with Crippen LogP contribution in [-0.4, -0.2) is 41.2 Å². The lowest BCUT2D eigenvalue weighted by Gasteiger charge is -2.32. The topological polar surface area (TPSA) is 58.2 Å². The summed E-state index contributed by atoms with van der Waals surface area (Å²) < 4.78 is 5.22. The fraction of sp³-hybridized carbons (Fsp3) is 0.474. The second-order valence-corrected chi connectivity index (χ2v) is 6.35. The number of carbonyl (C=O) groups excluding carboxylic acids is 1. The van der Waals surface area contributed by atoms with Gasteiger partial charge in [-0.15, -0.1) is 0 Å². The largest absolute Gasteiger partial charge is 0.497 e. The number of hydrogen-bond acceptors (Lipinski definition) is 3. The van der Waals surface area contributed by atoms with Crippen LogP contribution in [0.15, 0.2) is 30.5 Å². The van der Waals surface area contributed by atoms with E-state index in [9.17, 15) is 4.79 Å². The number of likely N-dealkylation sites (tertiary alicyclic amines) is 1. The number of carbonyl (C=O) groups is 1. The molecule has 1 aliphatic heterocycles. The molecule has 1 aromatic heterocycles. The molecule has 1 amide bonds. The second-order valence-electron chi connectivity index (χ2n) is 6.35. The first kappa shape index (κ1) is 16.6. The van der Waals surface area contributed by atoms with Crippen LogP contribution in [0.1, 0.15) is 42.5 Å². The first-order chi connectivity index (χ1) is 11.7. The smallest absolute Gasteiger partial charge is 0.226 e. The van der Waals surface area contributed by atoms with E-state index in [1.54, 1.807) is 7.11 Å². The molecule has 24 heavy (non-hydrogen) atoms. The molecule has 1 aliphatic rings. The number of methoxy groups -OCH3 is 1. The van der Waals surface area contributed by atoms with Crippen molar-refractivity contribution in [1.82, 2.24) is 15.1 Å². The minimum Gasteiger partial charge on any atom is -0.497 e. The van der Waals surface area contributed by atoms with Crippen LogP contribution in [0.5, 0.6) is 5.75 Å². The zero-order chi connectivity index (χ0) is 16.9. The van der Waals surface area contributed by atoms with Crippen molar-refractivity contribution in [2.24, 2.45) is 0 Å². The second kappa shape index (κ2) is 7.51. The van der Waals surface area contributed by atoms with Crippen LogP contribution < -0.4 is 4.74 Å². The van der Waals surface area contributed by atoms with Crippen molar-refractivity contribution in [2.75, 3.05) is 20.2 Å². The number of nitrogens with zero attached hydrogens (tertiary/aromatic N) is 2. The number of ether oxygens (including phenoxy) is 1. The minimum atomic E-state index is 0.196. The predicted molar refractivity (Wildman–Crippen MR) is 93.2 cm³/mol. The summed E-state index contributed by atoms with van der Waals surface area (Å²) in [5.74, 6) is 1.48. The number of piperidine rings is 1. The van der Waals surface area contributed by atoms with Gasteiger partial charge in [0.15, 0.2) is 0 Å². The number of hydrogen-bond donors (Lipinski definition) is 1. The van der Waals surface area contributed by atoms with E-state index in [2.05, 4.69) is 17.1 Å². The highest BCUT2D eigenvalue weighted by Crippen LogP contribution is 2.29. The standard InChI is InChI=1S/C19H25N3O2/c1-3-15-13-20-21-19(15)16-7-9-22(10-8-16)18(23)12-14-5-4-6-17(11-14)24-2/h4-6,11,13,16H,3,7-10,12H2,1-2H3,(H,20,21). The third kappa shape index (κ3) is 3.61. The fourth-order valence-corrected chi connectivity index (χ4v) is 3.44. The molecule has 1 saturated heterocycles. The molecular weight excluding hydrogens is 302 g/mol. The Morgan fingerprint density at radius 2 is 2.17 bits per heavy atom. The van der Waals surface area contributed by atoms with Crippen LogP contribution in [0, 0.1) is 0 Å². The summed E-state index contributed by atoms with van der Waals surface area (Å²) >= 11 is 0. The van der Waals surface area contributed by atoms with Gasteiger partial charge in [0.1, 0.15) is 5.75 Å². The van der Waals surface area contributed by atoms with Gasteiger partial charge in [-0.25, -0.2) is 0 Å². The number of aryl methyl sites for hydroxylation is 1. The highest BCUT2D eigenvalue weighted by molar-refractivity contribution is 5.79. The maximum absolute atomic E-state index is 12.5. The van der Waals surface area contributed by atoms with Crippen LogP contribution >= 0.6 is 0 Å². The normalized spacial score (nSPS) is 15.5. The summed E-state index contributed by atoms with van der Waals surface area (Å²) in [6, 6.07) is 7.74. The van der Waals surface area contributed by atoms with Gasteiger partial charge >= 0.3 is 0 Å². The van der Waals surface area contributed by atoms with E-state index in [0.29, 0.717) is 12.3 Å². The van der Waals surface area contributed by atoms with E-state index < -0.39 is 0 Å². The van der Waals surface area contributed by atoms with Crippen molar-refractivity contribution < 1.29 is 9.53 Å². The SMILES string of the molecule is CCc1cn[nH]c1C1CCN(C(=O)Cc2cccc(OC)c2)CC1. The molecule has 0 unspecified atom stereocenters. The Balaban J connectivity index is 1.57. The van der Waals surface area contributed by atoms with Gasteiger partial charge in [-0.3, -0.25) is 9.89 Å². The molecule has 0 radical (unpaired) electrons. The molecule has 0 atom stereocenters. The van der Waals surface area contributed by atoms with Gasteiger partial charge in [-0.2, -0.15) is 5.10 Å². The van der Waals surface area contributed by atoms with Gasteiger partial charge in [0.05, 0.1) is 19.7 Å². The molecule has 3 rings (SSSR count). The average molecular weight is 327 g/mol. The van der Waals surface area contributed by atoms with Crippen LogP contribution in [-0.2, 0) is 17.6 Å². The maximum atomic E-state index is 12.5. The molecule has 0 bridgehead atoms. The number of benzene rings is 1. The van der Waals surface area contributed by atoms with Crippen LogP contribution in [0.3, 0.4) is 0 Å². The highest BCUT2D eigenvalue weighted by atomic mass is 16.5. The first-order valence-corrected chi connectivity index (χ1v) is 8.64. The Bertz CT molecular complexity index is 687. The maximum Gasteiger partial charge on any atom is 0.226 e. The zero-order valence-electron chi connectivity index (χ0n) is 14.4. The number of rotatable bonds is 5. The fourth-order valence-electron chi connectivity index (χ4n) is 3.44. The van der Waals surface area contributed by atoms with Gasteiger partial charge in [-0.05, 0) is 42.5 Å². The average Bonchev–Trinajstić information content (AvgIpc) is 3.10. The van der Waals surface area contributed by atoms with E-state index in [1.807, 2.05) is 35.4 Å². The number of nitrogens with one attached hydrogen (secondary N) is 1. The van der Waals surface area contributed by atoms with Crippen molar-refractivity contribution in [3.63, 3.8) is 0 Å². The van der Waals surface area contributed by atoms with Gasteiger partial charge in [0, 0.05) is 24.7 Å². The van der Waals surface area contributed by atoms with Gasteiger partial charge in [0.2, 0.25) is 5.91 Å². The van der Waals surface area contributed by atoms with Gasteiger partial charge in [0.25, 0.3) is 0 Å². The summed E-state index contributed by atoms with van der Waals surface area (Å²) in [5, 5.41) is 7.33. The summed E-state index contributed by atoms with van der Waals surface area (Å²) in [4.78, 5) is 14.5. The molecule has 1 aromatic carbocycles. The van der Waals surface area contributed by atoms with E-state index in [0.717, 1.165) is 43.7 Å². The molecule has 1 fully saturated rings. The monoisotopic (exact) mass is 327 g/mol. The summed E-state index contributed by atoms with van der Waals surface area (Å²) in [7, 11) is 1.64. The van der Waals surface area contributed by atoms with E-state index in [4.69, 9.17) is 4.74 Å². The Kier molecular flexibility index (Phi) is 5.18. The van der Waals surface area contributed by atoms with Crippen LogP contribution in [0.4, 0.5) is 0 Å². The van der Waals surface area contributed by atoms with E-state index in [1.165, 1.54) is 11.3 Å². The number of amides is 1. The van der Waals surface area contributed by atoms with Gasteiger partial charge < -0.3 is 9.64 Å². The Hall–Kier alpha value is -2.30. The molecular formula is C19H25N3O2. The van der Waals surface area contributed by atoms with E-state index >= 15 is 0 Å². The lowest BCUT2D eigenvalue weighted by Crippen LogP contribution is -2.39. The lowest BCUT2D eigenvalue weighted by molar-refractivity contribution is -0.131. The quantitative estimate of drug-likeness (QED) is 0.918. The zero-order valence-corrected chi connectivity index (χ0v) is 14.4. The molecule has 2 aromatic rings. The van der Waals surface area contributed by atoms with Gasteiger partial charge in [-0.1, -0.05) is 19.1 Å². The van der Waals surface area contributed by atoms with Crippen LogP contribution in [0.25, 0.3) is 0 Å². The van der Waals surface area contributed by atoms with Crippen LogP contribution in [0.2, 0.25) is 0 Å². The first-order valence-electron chi connectivity index (χ1n) is 8.64. The third-order valence-corrected chi connectivity index (χ3v) is 4.88. The molecule has 5 nitrogen and oxygen atoms in total. The van der Waals surface area contributed by atoms with Crippen molar-refractivity contribution in [3.05, 3.63) is 47.3 Å². The number of aromatic nitrogens is 2. The Labute approximate surface area is 143 Å². The molecule has 1 N–H and O–H groups in total. The van der Waals surface area contributed by atoms with E-state index in [-0.39, 0.29) is 5.91 Å². The Morgan fingerprint density at radius 1 is 1.38 bits per heavy atom. The predicted octanol–water partition coefficient (Wildman–Crippen LogP) is 2.93. The summed E-state index contributed by atoms with van der Waals surface area (Å²) in [6.07, 6.45) is 5.36. The van der Waals surface area contributed by atoms with Crippen molar-refractivity contribution >= 4 is 5.91 Å². The lowest BCUT2D eigenvalue weighted by atomic mass is 9.90. The highest BCUT2D eigenvalue weighted by Gasteiger charge is 2.26. The Morgan fingerprint density at radius 3 is 2.88 bits per heavy atom. The number of aromatic amines is 1. The molecule has 0 aliphatic carbocycles. The van der Waals surface area contributed by atoms with Crippen molar-refractivity contribution in [1.29, 1.82) is 0 Å². The molecule has 2 heterocycles. The third-order valence-electron chi connectivity index (χ3n) is 4.88. The summed E-state index contributed by atoms with van der Waals surface area (Å²) in [5.41, 5.74) is 3.57. The minimum absolute atomic E-state index is 0.196. The number of H-pyrrole nitrogens is 1. The van der Waals surface area contributed by atoms with Crippen molar-refractivity contribution in [3.8, 4) is 5.75 Å². The molecule has 0 spiro atoms.